The van der Waals surface area contributed by atoms with Crippen LogP contribution < -0.4 is 15.3 Å². The van der Waals surface area contributed by atoms with Gasteiger partial charge in [0.05, 0.1) is 5.69 Å². The van der Waals surface area contributed by atoms with Crippen LogP contribution in [0.25, 0.3) is 11.0 Å². The number of carbonyl (C=O) groups is 1. The zero-order valence-corrected chi connectivity index (χ0v) is 17.1. The molecule has 3 aromatic rings. The van der Waals surface area contributed by atoms with E-state index >= 15 is 0 Å². The van der Waals surface area contributed by atoms with Gasteiger partial charge in [-0.05, 0) is 50.3 Å². The number of benzene rings is 1. The second-order valence-electron chi connectivity index (χ2n) is 7.06. The van der Waals surface area contributed by atoms with Crippen molar-refractivity contribution >= 4 is 33.3 Å². The van der Waals surface area contributed by atoms with Crippen LogP contribution in [0.4, 0.5) is 5.13 Å². The van der Waals surface area contributed by atoms with Gasteiger partial charge in [-0.2, -0.15) is 0 Å². The van der Waals surface area contributed by atoms with Crippen molar-refractivity contribution in [2.24, 2.45) is 0 Å². The minimum absolute atomic E-state index is 0.139. The van der Waals surface area contributed by atoms with Crippen LogP contribution >= 0.6 is 11.3 Å². The second kappa shape index (κ2) is 8.21. The van der Waals surface area contributed by atoms with Gasteiger partial charge in [0.2, 0.25) is 0 Å². The summed E-state index contributed by atoms with van der Waals surface area (Å²) in [6.45, 7) is 5.85. The van der Waals surface area contributed by atoms with Crippen molar-refractivity contribution in [3.05, 3.63) is 63.5 Å². The quantitative estimate of drug-likeness (QED) is 0.453. The van der Waals surface area contributed by atoms with Gasteiger partial charge in [-0.25, -0.2) is 9.78 Å². The van der Waals surface area contributed by atoms with Crippen LogP contribution in [0.3, 0.4) is 0 Å². The Bertz CT molecular complexity index is 1110. The lowest BCUT2D eigenvalue weighted by molar-refractivity contribution is -0.120. The van der Waals surface area contributed by atoms with E-state index in [4.69, 9.17) is 9.15 Å². The average molecular weight is 410 g/mol. The number of thiazole rings is 1. The molecule has 0 N–H and O–H groups in total. The van der Waals surface area contributed by atoms with Crippen molar-refractivity contribution in [2.45, 2.75) is 32.6 Å². The molecule has 1 aliphatic carbocycles. The van der Waals surface area contributed by atoms with Crippen LogP contribution in [-0.4, -0.2) is 24.0 Å². The van der Waals surface area contributed by atoms with Crippen LogP contribution in [0.15, 0.2) is 46.1 Å². The number of hydrogen-bond acceptors (Lipinski definition) is 6. The Morgan fingerprint density at radius 1 is 1.34 bits per heavy atom. The van der Waals surface area contributed by atoms with E-state index in [1.54, 1.807) is 34.4 Å². The van der Waals surface area contributed by atoms with Crippen molar-refractivity contribution < 1.29 is 13.9 Å². The first kappa shape index (κ1) is 19.4. The molecule has 0 bridgehead atoms. The third-order valence-corrected chi connectivity index (χ3v) is 6.14. The molecule has 7 heteroatoms. The zero-order chi connectivity index (χ0) is 20.4. The Morgan fingerprint density at radius 2 is 2.17 bits per heavy atom. The number of aromatic nitrogens is 1. The molecule has 6 nitrogen and oxygen atoms in total. The maximum Gasteiger partial charge on any atom is 0.336 e. The molecule has 0 fully saturated rings. The minimum atomic E-state index is -0.409. The highest BCUT2D eigenvalue weighted by Gasteiger charge is 2.22. The topological polar surface area (TPSA) is 72.6 Å². The lowest BCUT2D eigenvalue weighted by Gasteiger charge is -2.18. The van der Waals surface area contributed by atoms with E-state index in [0.717, 1.165) is 35.9 Å². The molecule has 0 aliphatic heterocycles. The summed E-state index contributed by atoms with van der Waals surface area (Å²) in [5.41, 5.74) is 1.98. The Kier molecular flexibility index (Phi) is 5.49. The average Bonchev–Trinajstić information content (AvgIpc) is 3.13. The van der Waals surface area contributed by atoms with Crippen LogP contribution in [0, 0.1) is 6.92 Å². The van der Waals surface area contributed by atoms with Gasteiger partial charge in [-0.3, -0.25) is 9.69 Å². The number of aryl methyl sites for hydroxylation is 3. The van der Waals surface area contributed by atoms with Crippen LogP contribution in [0.1, 0.15) is 29.0 Å². The molecule has 29 heavy (non-hydrogen) atoms. The number of carbonyl (C=O) groups excluding carboxylic acids is 1. The first-order chi connectivity index (χ1) is 14.0. The third kappa shape index (κ3) is 4.10. The highest BCUT2D eigenvalue weighted by molar-refractivity contribution is 7.16. The first-order valence-corrected chi connectivity index (χ1v) is 10.4. The van der Waals surface area contributed by atoms with E-state index in [2.05, 4.69) is 11.6 Å². The molecule has 2 heterocycles. The minimum Gasteiger partial charge on any atom is -0.484 e. The molecule has 1 amide bonds. The summed E-state index contributed by atoms with van der Waals surface area (Å²) in [5, 5.41) is 1.54. The fourth-order valence-electron chi connectivity index (χ4n) is 3.49. The lowest BCUT2D eigenvalue weighted by Crippen LogP contribution is -2.35. The van der Waals surface area contributed by atoms with Crippen molar-refractivity contribution in [1.29, 1.82) is 0 Å². The van der Waals surface area contributed by atoms with Crippen LogP contribution in [0.5, 0.6) is 5.75 Å². The summed E-state index contributed by atoms with van der Waals surface area (Å²) < 4.78 is 10.9. The number of anilines is 1. The van der Waals surface area contributed by atoms with E-state index in [-0.39, 0.29) is 12.5 Å². The van der Waals surface area contributed by atoms with Crippen molar-refractivity contribution in [2.75, 3.05) is 18.1 Å². The highest BCUT2D eigenvalue weighted by atomic mass is 32.1. The van der Waals surface area contributed by atoms with E-state index < -0.39 is 5.63 Å². The summed E-state index contributed by atoms with van der Waals surface area (Å²) in [4.78, 5) is 32.0. The van der Waals surface area contributed by atoms with Gasteiger partial charge in [-0.1, -0.05) is 6.08 Å². The van der Waals surface area contributed by atoms with Gasteiger partial charge in [0.15, 0.2) is 11.7 Å². The summed E-state index contributed by atoms with van der Waals surface area (Å²) in [6, 6.07) is 6.68. The molecule has 4 rings (SSSR count). The third-order valence-electron chi connectivity index (χ3n) is 4.96. The zero-order valence-electron chi connectivity index (χ0n) is 16.3. The SMILES string of the molecule is C=CCN(C(=O)COc1ccc2c(C)cc(=O)oc2c1)c1nc2c(s1)CCCC2. The molecule has 0 unspecified atom stereocenters. The normalized spacial score (nSPS) is 13.1. The standard InChI is InChI=1S/C22H22N2O4S/c1-3-10-24(22-23-17-6-4-5-7-19(17)29-22)20(25)13-27-15-8-9-16-14(2)11-21(26)28-18(16)12-15/h3,8-9,11-12H,1,4-7,10,13H2,2H3. The van der Waals surface area contributed by atoms with Crippen LogP contribution in [0.2, 0.25) is 0 Å². The van der Waals surface area contributed by atoms with E-state index in [9.17, 15) is 9.59 Å². The van der Waals surface area contributed by atoms with Gasteiger partial charge < -0.3 is 9.15 Å². The van der Waals surface area contributed by atoms with Crippen molar-refractivity contribution in [3.8, 4) is 5.75 Å². The fraction of sp³-hybridized carbons (Fsp3) is 0.318. The lowest BCUT2D eigenvalue weighted by atomic mass is 10.0. The fourth-order valence-corrected chi connectivity index (χ4v) is 4.66. The number of rotatable bonds is 6. The second-order valence-corrected chi connectivity index (χ2v) is 8.12. The molecule has 0 saturated carbocycles. The van der Waals surface area contributed by atoms with E-state index in [1.165, 1.54) is 17.4 Å². The summed E-state index contributed by atoms with van der Waals surface area (Å²) in [6.07, 6.45) is 6.00. The molecule has 2 aromatic heterocycles. The van der Waals surface area contributed by atoms with E-state index in [0.29, 0.717) is 23.0 Å². The molecular formula is C22H22N2O4S. The molecule has 0 spiro atoms. The highest BCUT2D eigenvalue weighted by Crippen LogP contribution is 2.32. The molecule has 1 aliphatic rings. The summed E-state index contributed by atoms with van der Waals surface area (Å²) >= 11 is 1.58. The molecule has 0 radical (unpaired) electrons. The molecule has 150 valence electrons. The number of fused-ring (bicyclic) bond motifs is 2. The van der Waals surface area contributed by atoms with Crippen molar-refractivity contribution in [1.82, 2.24) is 4.98 Å². The first-order valence-electron chi connectivity index (χ1n) is 9.62. The summed E-state index contributed by atoms with van der Waals surface area (Å²) in [5.74, 6) is 0.276. The van der Waals surface area contributed by atoms with E-state index in [1.807, 2.05) is 13.0 Å². The predicted molar refractivity (Wildman–Crippen MR) is 114 cm³/mol. The van der Waals surface area contributed by atoms with Gasteiger partial charge in [0.25, 0.3) is 5.91 Å². The Balaban J connectivity index is 1.51. The Morgan fingerprint density at radius 3 is 2.97 bits per heavy atom. The Labute approximate surface area is 172 Å². The largest absolute Gasteiger partial charge is 0.484 e. The monoisotopic (exact) mass is 410 g/mol. The molecule has 1 aromatic carbocycles. The predicted octanol–water partition coefficient (Wildman–Crippen LogP) is 4.03. The number of hydrogen-bond donors (Lipinski definition) is 0. The smallest absolute Gasteiger partial charge is 0.336 e. The van der Waals surface area contributed by atoms with Crippen LogP contribution in [-0.2, 0) is 17.6 Å². The number of ether oxygens (including phenoxy) is 1. The number of amides is 1. The van der Waals surface area contributed by atoms with Gasteiger partial charge in [0.1, 0.15) is 11.3 Å². The maximum atomic E-state index is 12.8. The maximum absolute atomic E-state index is 12.8. The molecular weight excluding hydrogens is 388 g/mol. The molecule has 0 saturated heterocycles. The summed E-state index contributed by atoms with van der Waals surface area (Å²) in [7, 11) is 0. The Hall–Kier alpha value is -2.93. The van der Waals surface area contributed by atoms with Gasteiger partial charge in [-0.15, -0.1) is 17.9 Å². The van der Waals surface area contributed by atoms with Gasteiger partial charge >= 0.3 is 5.63 Å². The molecule has 0 atom stereocenters. The van der Waals surface area contributed by atoms with Gasteiger partial charge in [0, 0.05) is 28.9 Å². The number of nitrogens with zero attached hydrogens (tertiary/aromatic N) is 2. The van der Waals surface area contributed by atoms with Crippen molar-refractivity contribution in [3.63, 3.8) is 0 Å².